The minimum atomic E-state index is -0.625. The average molecular weight is 343 g/mol. The lowest BCUT2D eigenvalue weighted by Crippen LogP contribution is -2.38. The highest BCUT2D eigenvalue weighted by molar-refractivity contribution is 7.78. The van der Waals surface area contributed by atoms with Gasteiger partial charge in [0.2, 0.25) is 5.91 Å². The number of ether oxygens (including phenoxy) is 2. The second-order valence-electron chi connectivity index (χ2n) is 5.67. The number of likely N-dealkylation sites (N-methyl/N-ethyl adjacent to an activating group) is 1. The number of rotatable bonds is 8. The van der Waals surface area contributed by atoms with E-state index < -0.39 is 12.0 Å². The van der Waals surface area contributed by atoms with E-state index in [1.165, 1.54) is 11.6 Å². The summed E-state index contributed by atoms with van der Waals surface area (Å²) in [5.41, 5.74) is 7.16. The highest BCUT2D eigenvalue weighted by Crippen LogP contribution is 2.22. The molecule has 130 valence electrons. The van der Waals surface area contributed by atoms with E-state index in [-0.39, 0.29) is 30.8 Å². The predicted octanol–water partition coefficient (Wildman–Crippen LogP) is 0.537. The number of nitrogens with two attached hydrogens (primary N) is 1. The zero-order valence-corrected chi connectivity index (χ0v) is 14.5. The molecule has 1 fully saturated rings. The van der Waals surface area contributed by atoms with E-state index in [2.05, 4.69) is 5.32 Å². The molecule has 1 aliphatic rings. The second-order valence-corrected chi connectivity index (χ2v) is 5.88. The lowest BCUT2D eigenvalue weighted by molar-refractivity contribution is -0.151. The molecule has 1 saturated heterocycles. The Kier molecular flexibility index (Phi) is 8.15. The van der Waals surface area contributed by atoms with Crippen molar-refractivity contribution < 1.29 is 19.1 Å². The van der Waals surface area contributed by atoms with Crippen molar-refractivity contribution in [1.29, 1.82) is 0 Å². The van der Waals surface area contributed by atoms with Crippen LogP contribution in [0.5, 0.6) is 0 Å². The Labute approximate surface area is 142 Å². The molecule has 0 aliphatic carbocycles. The first-order chi connectivity index (χ1) is 10.9. The van der Waals surface area contributed by atoms with E-state index in [1.54, 1.807) is 18.1 Å². The maximum atomic E-state index is 11.7. The molecule has 3 N–H and O–H groups in total. The van der Waals surface area contributed by atoms with Crippen LogP contribution < -0.4 is 11.1 Å². The Balaban J connectivity index is 2.45. The Morgan fingerprint density at radius 3 is 2.74 bits per heavy atom. The summed E-state index contributed by atoms with van der Waals surface area (Å²) in [7, 11) is 1.55. The number of thiocarbonyl (C=S) groups is 1. The largest absolute Gasteiger partial charge is 0.462 e. The zero-order valence-electron chi connectivity index (χ0n) is 13.7. The van der Waals surface area contributed by atoms with Gasteiger partial charge in [-0.25, -0.2) is 0 Å². The molecular formula is C15H25N3O4S. The van der Waals surface area contributed by atoms with Crippen LogP contribution in [0.1, 0.15) is 26.7 Å². The van der Waals surface area contributed by atoms with Crippen LogP contribution >= 0.6 is 12.2 Å². The van der Waals surface area contributed by atoms with Crippen LogP contribution in [0.2, 0.25) is 0 Å². The Bertz CT molecular complexity index is 456. The molecule has 1 aliphatic heterocycles. The number of amides is 1. The summed E-state index contributed by atoms with van der Waals surface area (Å²) in [6.45, 7) is 3.90. The number of carbonyl (C=O) groups is 2. The van der Waals surface area contributed by atoms with E-state index in [4.69, 9.17) is 27.4 Å². The van der Waals surface area contributed by atoms with Gasteiger partial charge >= 0.3 is 5.97 Å². The average Bonchev–Trinajstić information content (AvgIpc) is 3.00. The quantitative estimate of drug-likeness (QED) is 0.377. The molecular weight excluding hydrogens is 318 g/mol. The van der Waals surface area contributed by atoms with Crippen molar-refractivity contribution >= 4 is 29.6 Å². The normalized spacial score (nSPS) is 22.1. The minimum Gasteiger partial charge on any atom is -0.462 e. The van der Waals surface area contributed by atoms with Crippen LogP contribution in [0.3, 0.4) is 0 Å². The third-order valence-corrected chi connectivity index (χ3v) is 3.83. The van der Waals surface area contributed by atoms with Gasteiger partial charge in [0.15, 0.2) is 0 Å². The van der Waals surface area contributed by atoms with Gasteiger partial charge < -0.3 is 25.4 Å². The standard InChI is InChI=1S/C15H25N3O4S/c1-10(2)14(16)15(20)21-8-11-4-5-13(22-11)18(9-23)7-6-12(19)17-3/h6-7,9-11,13-14H,4-5,8,16H2,1-3H3,(H,17,19)/b7-6-. The van der Waals surface area contributed by atoms with E-state index in [0.717, 1.165) is 12.8 Å². The molecule has 1 amide bonds. The fourth-order valence-electron chi connectivity index (χ4n) is 2.01. The molecule has 3 unspecified atom stereocenters. The summed E-state index contributed by atoms with van der Waals surface area (Å²) in [5, 5.41) is 2.49. The Morgan fingerprint density at radius 2 is 2.17 bits per heavy atom. The highest BCUT2D eigenvalue weighted by Gasteiger charge is 2.30. The maximum absolute atomic E-state index is 11.7. The first kappa shape index (κ1) is 19.5. The fraction of sp³-hybridized carbons (Fsp3) is 0.667. The van der Waals surface area contributed by atoms with Crippen LogP contribution in [-0.2, 0) is 19.1 Å². The first-order valence-corrected chi connectivity index (χ1v) is 8.06. The Morgan fingerprint density at radius 1 is 1.48 bits per heavy atom. The maximum Gasteiger partial charge on any atom is 0.323 e. The van der Waals surface area contributed by atoms with Crippen molar-refractivity contribution in [1.82, 2.24) is 10.2 Å². The molecule has 7 nitrogen and oxygen atoms in total. The van der Waals surface area contributed by atoms with E-state index in [1.807, 2.05) is 13.8 Å². The summed E-state index contributed by atoms with van der Waals surface area (Å²) >= 11 is 4.94. The monoisotopic (exact) mass is 343 g/mol. The summed E-state index contributed by atoms with van der Waals surface area (Å²) in [6.07, 6.45) is 3.94. The molecule has 1 heterocycles. The van der Waals surface area contributed by atoms with Gasteiger partial charge in [0.1, 0.15) is 18.9 Å². The third kappa shape index (κ3) is 6.25. The lowest BCUT2D eigenvalue weighted by atomic mass is 10.1. The minimum absolute atomic E-state index is 0.0277. The highest BCUT2D eigenvalue weighted by atomic mass is 32.1. The van der Waals surface area contributed by atoms with Gasteiger partial charge in [-0.2, -0.15) is 0 Å². The van der Waals surface area contributed by atoms with Gasteiger partial charge in [-0.15, -0.1) is 0 Å². The van der Waals surface area contributed by atoms with E-state index in [0.29, 0.717) is 0 Å². The van der Waals surface area contributed by atoms with Crippen molar-refractivity contribution in [3.05, 3.63) is 12.3 Å². The van der Waals surface area contributed by atoms with Crippen LogP contribution in [-0.4, -0.2) is 54.3 Å². The van der Waals surface area contributed by atoms with Crippen molar-refractivity contribution in [2.45, 2.75) is 45.1 Å². The molecule has 0 spiro atoms. The molecule has 0 bridgehead atoms. The van der Waals surface area contributed by atoms with Crippen molar-refractivity contribution in [2.24, 2.45) is 11.7 Å². The number of esters is 1. The van der Waals surface area contributed by atoms with Crippen LogP contribution in [0.4, 0.5) is 0 Å². The van der Waals surface area contributed by atoms with Gasteiger partial charge in [-0.3, -0.25) is 9.59 Å². The van der Waals surface area contributed by atoms with Gasteiger partial charge in [-0.05, 0) is 18.8 Å². The van der Waals surface area contributed by atoms with Gasteiger partial charge in [0.25, 0.3) is 0 Å². The summed E-state index contributed by atoms with van der Waals surface area (Å²) in [4.78, 5) is 24.6. The fourth-order valence-corrected chi connectivity index (χ4v) is 2.21. The molecule has 1 rings (SSSR count). The number of hydrogen-bond donors (Lipinski definition) is 2. The van der Waals surface area contributed by atoms with Crippen molar-refractivity contribution in [3.8, 4) is 0 Å². The third-order valence-electron chi connectivity index (χ3n) is 3.59. The second kappa shape index (κ2) is 9.59. The number of hydrogen-bond acceptors (Lipinski definition) is 6. The predicted molar refractivity (Wildman–Crippen MR) is 90.4 cm³/mol. The molecule has 0 aromatic heterocycles. The van der Waals surface area contributed by atoms with Crippen molar-refractivity contribution in [2.75, 3.05) is 13.7 Å². The summed E-state index contributed by atoms with van der Waals surface area (Å²) in [5.74, 6) is -0.615. The number of nitrogens with one attached hydrogen (secondary N) is 1. The Hall–Kier alpha value is -1.51. The molecule has 23 heavy (non-hydrogen) atoms. The van der Waals surface area contributed by atoms with E-state index in [9.17, 15) is 9.59 Å². The first-order valence-electron chi connectivity index (χ1n) is 7.59. The topological polar surface area (TPSA) is 93.9 Å². The number of carbonyl (C=O) groups excluding carboxylic acids is 2. The van der Waals surface area contributed by atoms with Gasteiger partial charge in [0, 0.05) is 19.3 Å². The van der Waals surface area contributed by atoms with Gasteiger partial charge in [-0.1, -0.05) is 26.1 Å². The summed E-state index contributed by atoms with van der Waals surface area (Å²) < 4.78 is 11.0. The molecule has 0 radical (unpaired) electrons. The molecule has 3 atom stereocenters. The molecule has 0 saturated carbocycles. The van der Waals surface area contributed by atoms with Gasteiger partial charge in [0.05, 0.1) is 11.6 Å². The number of nitrogens with zero attached hydrogens (tertiary/aromatic N) is 1. The molecule has 0 aromatic rings. The lowest BCUT2D eigenvalue weighted by Gasteiger charge is -2.23. The van der Waals surface area contributed by atoms with Crippen molar-refractivity contribution in [3.63, 3.8) is 0 Å². The van der Waals surface area contributed by atoms with Crippen LogP contribution in [0, 0.1) is 5.92 Å². The SMILES string of the molecule is CNC(=O)/C=C\N(C=S)C1CCC(COC(=O)C(N)C(C)C)O1. The van der Waals surface area contributed by atoms with Crippen LogP contribution in [0.25, 0.3) is 0 Å². The van der Waals surface area contributed by atoms with E-state index >= 15 is 0 Å². The van der Waals surface area contributed by atoms with Crippen LogP contribution in [0.15, 0.2) is 12.3 Å². The summed E-state index contributed by atoms with van der Waals surface area (Å²) in [6, 6.07) is -0.625. The zero-order chi connectivity index (χ0) is 17.4. The molecule has 0 aromatic carbocycles. The smallest absolute Gasteiger partial charge is 0.323 e. The molecule has 8 heteroatoms.